The average molecular weight is 246 g/mol. The van der Waals surface area contributed by atoms with Gasteiger partial charge in [-0.3, -0.25) is 0 Å². The van der Waals surface area contributed by atoms with Crippen LogP contribution in [0.15, 0.2) is 18.2 Å². The molecule has 0 aromatic heterocycles. The molecule has 2 N–H and O–H groups in total. The van der Waals surface area contributed by atoms with E-state index in [1.807, 2.05) is 7.05 Å². The standard InChI is InChI=1S/C16H26N2/c1-12(2)15(10-17-3)11-18-16-8-7-13-5-4-6-14(13)9-16/h7-9,12,15,17-18H,4-6,10-11H2,1-3H3. The Labute approximate surface area is 111 Å². The van der Waals surface area contributed by atoms with Gasteiger partial charge < -0.3 is 10.6 Å². The Morgan fingerprint density at radius 2 is 1.89 bits per heavy atom. The average Bonchev–Trinajstić information content (AvgIpc) is 2.81. The minimum absolute atomic E-state index is 0.684. The predicted octanol–water partition coefficient (Wildman–Crippen LogP) is 3.08. The number of benzene rings is 1. The SMILES string of the molecule is CNCC(CNc1ccc2c(c1)CCC2)C(C)C. The van der Waals surface area contributed by atoms with E-state index in [4.69, 9.17) is 0 Å². The predicted molar refractivity (Wildman–Crippen MR) is 79.2 cm³/mol. The molecular weight excluding hydrogens is 220 g/mol. The number of aryl methyl sites for hydroxylation is 2. The summed E-state index contributed by atoms with van der Waals surface area (Å²) < 4.78 is 0. The first kappa shape index (κ1) is 13.4. The highest BCUT2D eigenvalue weighted by molar-refractivity contribution is 5.50. The van der Waals surface area contributed by atoms with Crippen molar-refractivity contribution < 1.29 is 0 Å². The van der Waals surface area contributed by atoms with Crippen molar-refractivity contribution in [3.63, 3.8) is 0 Å². The van der Waals surface area contributed by atoms with Crippen molar-refractivity contribution in [1.82, 2.24) is 5.32 Å². The van der Waals surface area contributed by atoms with Gasteiger partial charge in [0.1, 0.15) is 0 Å². The molecule has 2 rings (SSSR count). The summed E-state index contributed by atoms with van der Waals surface area (Å²) in [5.41, 5.74) is 4.39. The molecule has 0 saturated heterocycles. The molecule has 0 spiro atoms. The lowest BCUT2D eigenvalue weighted by atomic mass is 9.95. The van der Waals surface area contributed by atoms with Crippen LogP contribution >= 0.6 is 0 Å². The zero-order valence-electron chi connectivity index (χ0n) is 11.9. The third-order valence-electron chi connectivity index (χ3n) is 4.08. The summed E-state index contributed by atoms with van der Waals surface area (Å²) in [5.74, 6) is 1.39. The Hall–Kier alpha value is -1.02. The Morgan fingerprint density at radius 3 is 2.61 bits per heavy atom. The van der Waals surface area contributed by atoms with Gasteiger partial charge in [-0.25, -0.2) is 0 Å². The minimum atomic E-state index is 0.684. The smallest absolute Gasteiger partial charge is 0.0343 e. The molecule has 1 aliphatic rings. The van der Waals surface area contributed by atoms with E-state index in [0.717, 1.165) is 13.1 Å². The fraction of sp³-hybridized carbons (Fsp3) is 0.625. The van der Waals surface area contributed by atoms with E-state index < -0.39 is 0 Å². The van der Waals surface area contributed by atoms with Crippen molar-refractivity contribution in [1.29, 1.82) is 0 Å². The van der Waals surface area contributed by atoms with Crippen LogP contribution in [0.3, 0.4) is 0 Å². The molecule has 1 atom stereocenters. The molecule has 2 heteroatoms. The highest BCUT2D eigenvalue weighted by Crippen LogP contribution is 2.25. The second kappa shape index (κ2) is 6.24. The third kappa shape index (κ3) is 3.26. The maximum atomic E-state index is 3.60. The Kier molecular flexibility index (Phi) is 4.65. The van der Waals surface area contributed by atoms with Gasteiger partial charge in [0.05, 0.1) is 0 Å². The highest BCUT2D eigenvalue weighted by Gasteiger charge is 2.13. The summed E-state index contributed by atoms with van der Waals surface area (Å²) in [6, 6.07) is 6.88. The van der Waals surface area contributed by atoms with Gasteiger partial charge in [0, 0.05) is 12.2 Å². The molecule has 2 nitrogen and oxygen atoms in total. The van der Waals surface area contributed by atoms with Crippen molar-refractivity contribution in [3.8, 4) is 0 Å². The van der Waals surface area contributed by atoms with Crippen LogP contribution in [0, 0.1) is 11.8 Å². The van der Waals surface area contributed by atoms with E-state index in [1.165, 1.54) is 24.9 Å². The Bertz CT molecular complexity index is 385. The van der Waals surface area contributed by atoms with E-state index in [9.17, 15) is 0 Å². The number of hydrogen-bond donors (Lipinski definition) is 2. The number of nitrogens with one attached hydrogen (secondary N) is 2. The van der Waals surface area contributed by atoms with E-state index in [0.29, 0.717) is 11.8 Å². The van der Waals surface area contributed by atoms with Crippen molar-refractivity contribution in [3.05, 3.63) is 29.3 Å². The summed E-state index contributed by atoms with van der Waals surface area (Å²) in [6.07, 6.45) is 3.85. The second-order valence-corrected chi connectivity index (χ2v) is 5.78. The maximum Gasteiger partial charge on any atom is 0.0343 e. The van der Waals surface area contributed by atoms with Gasteiger partial charge in [-0.2, -0.15) is 0 Å². The first-order chi connectivity index (χ1) is 8.70. The molecule has 1 aromatic rings. The van der Waals surface area contributed by atoms with E-state index in [2.05, 4.69) is 42.7 Å². The van der Waals surface area contributed by atoms with Crippen molar-refractivity contribution in [2.24, 2.45) is 11.8 Å². The monoisotopic (exact) mass is 246 g/mol. The zero-order chi connectivity index (χ0) is 13.0. The fourth-order valence-electron chi connectivity index (χ4n) is 2.74. The van der Waals surface area contributed by atoms with Crippen LogP contribution < -0.4 is 10.6 Å². The van der Waals surface area contributed by atoms with Gasteiger partial charge in [-0.1, -0.05) is 19.9 Å². The largest absolute Gasteiger partial charge is 0.385 e. The van der Waals surface area contributed by atoms with Crippen LogP contribution in [0.25, 0.3) is 0 Å². The van der Waals surface area contributed by atoms with E-state index >= 15 is 0 Å². The number of anilines is 1. The lowest BCUT2D eigenvalue weighted by Gasteiger charge is -2.21. The summed E-state index contributed by atoms with van der Waals surface area (Å²) in [5, 5.41) is 6.89. The minimum Gasteiger partial charge on any atom is -0.385 e. The molecule has 1 aliphatic carbocycles. The van der Waals surface area contributed by atoms with Gasteiger partial charge in [0.25, 0.3) is 0 Å². The highest BCUT2D eigenvalue weighted by atomic mass is 14.9. The van der Waals surface area contributed by atoms with Crippen molar-refractivity contribution in [2.45, 2.75) is 33.1 Å². The topological polar surface area (TPSA) is 24.1 Å². The molecule has 0 fully saturated rings. The molecule has 0 amide bonds. The summed E-state index contributed by atoms with van der Waals surface area (Å²) in [7, 11) is 2.03. The van der Waals surface area contributed by atoms with Gasteiger partial charge in [-0.15, -0.1) is 0 Å². The summed E-state index contributed by atoms with van der Waals surface area (Å²) in [4.78, 5) is 0. The van der Waals surface area contributed by atoms with Crippen molar-refractivity contribution >= 4 is 5.69 Å². The molecule has 0 aliphatic heterocycles. The molecule has 1 aromatic carbocycles. The summed E-state index contributed by atoms with van der Waals surface area (Å²) in [6.45, 7) is 6.73. The molecule has 0 heterocycles. The van der Waals surface area contributed by atoms with Crippen molar-refractivity contribution in [2.75, 3.05) is 25.5 Å². The quantitative estimate of drug-likeness (QED) is 0.806. The lowest BCUT2D eigenvalue weighted by molar-refractivity contribution is 0.390. The van der Waals surface area contributed by atoms with Gasteiger partial charge in [-0.05, 0) is 68.0 Å². The molecule has 100 valence electrons. The number of fused-ring (bicyclic) bond motifs is 1. The van der Waals surface area contributed by atoms with E-state index in [1.54, 1.807) is 11.1 Å². The molecule has 1 unspecified atom stereocenters. The van der Waals surface area contributed by atoms with Gasteiger partial charge >= 0.3 is 0 Å². The fourth-order valence-corrected chi connectivity index (χ4v) is 2.74. The van der Waals surface area contributed by atoms with Crippen LogP contribution in [0.2, 0.25) is 0 Å². The van der Waals surface area contributed by atoms with Crippen LogP contribution in [-0.2, 0) is 12.8 Å². The normalized spacial score (nSPS) is 15.8. The lowest BCUT2D eigenvalue weighted by Crippen LogP contribution is -2.29. The molecule has 0 radical (unpaired) electrons. The van der Waals surface area contributed by atoms with Crippen LogP contribution in [0.4, 0.5) is 5.69 Å². The first-order valence-corrected chi connectivity index (χ1v) is 7.21. The van der Waals surface area contributed by atoms with Crippen LogP contribution in [0.1, 0.15) is 31.4 Å². The Balaban J connectivity index is 1.93. The van der Waals surface area contributed by atoms with Gasteiger partial charge in [0.15, 0.2) is 0 Å². The van der Waals surface area contributed by atoms with E-state index in [-0.39, 0.29) is 0 Å². The number of rotatable bonds is 6. The zero-order valence-corrected chi connectivity index (χ0v) is 11.9. The molecule has 0 saturated carbocycles. The first-order valence-electron chi connectivity index (χ1n) is 7.21. The molecule has 0 bridgehead atoms. The maximum absolute atomic E-state index is 3.60. The van der Waals surface area contributed by atoms with Gasteiger partial charge in [0.2, 0.25) is 0 Å². The number of hydrogen-bond acceptors (Lipinski definition) is 2. The molecule has 18 heavy (non-hydrogen) atoms. The third-order valence-corrected chi connectivity index (χ3v) is 4.08. The second-order valence-electron chi connectivity index (χ2n) is 5.78. The van der Waals surface area contributed by atoms with Crippen LogP contribution in [-0.4, -0.2) is 20.1 Å². The molecular formula is C16H26N2. The Morgan fingerprint density at radius 1 is 1.11 bits per heavy atom. The van der Waals surface area contributed by atoms with Crippen LogP contribution in [0.5, 0.6) is 0 Å². The summed E-state index contributed by atoms with van der Waals surface area (Å²) >= 11 is 0.